The van der Waals surface area contributed by atoms with E-state index in [1.165, 1.54) is 12.1 Å². The van der Waals surface area contributed by atoms with Crippen LogP contribution in [0.3, 0.4) is 0 Å². The van der Waals surface area contributed by atoms with Crippen LogP contribution in [0.2, 0.25) is 0 Å². The summed E-state index contributed by atoms with van der Waals surface area (Å²) >= 11 is 0. The Hall–Kier alpha value is -2.17. The van der Waals surface area contributed by atoms with Gasteiger partial charge in [0.05, 0.1) is 12.0 Å². The van der Waals surface area contributed by atoms with Crippen molar-refractivity contribution in [3.63, 3.8) is 0 Å². The van der Waals surface area contributed by atoms with Crippen LogP contribution in [0.15, 0.2) is 28.8 Å². The highest BCUT2D eigenvalue weighted by Crippen LogP contribution is 2.32. The van der Waals surface area contributed by atoms with Gasteiger partial charge >= 0.3 is 12.1 Å². The van der Waals surface area contributed by atoms with Gasteiger partial charge in [-0.25, -0.2) is 0 Å². The minimum Gasteiger partial charge on any atom is -0.384 e. The van der Waals surface area contributed by atoms with E-state index < -0.39 is 17.5 Å². The van der Waals surface area contributed by atoms with Crippen molar-refractivity contribution in [3.8, 4) is 11.4 Å². The fourth-order valence-corrected chi connectivity index (χ4v) is 3.04. The number of aromatic nitrogens is 2. The number of piperidine rings is 1. The molecule has 3 rings (SSSR count). The summed E-state index contributed by atoms with van der Waals surface area (Å²) in [6.45, 7) is 1.78. The van der Waals surface area contributed by atoms with E-state index in [1.807, 2.05) is 0 Å². The van der Waals surface area contributed by atoms with Crippen LogP contribution in [-0.2, 0) is 15.7 Å². The highest BCUT2D eigenvalue weighted by Gasteiger charge is 2.40. The molecule has 1 aliphatic heterocycles. The van der Waals surface area contributed by atoms with Gasteiger partial charge in [-0.05, 0) is 50.2 Å². The largest absolute Gasteiger partial charge is 0.471 e. The molecule has 1 amide bonds. The lowest BCUT2D eigenvalue weighted by Crippen LogP contribution is -2.47. The van der Waals surface area contributed by atoms with Gasteiger partial charge in [0.1, 0.15) is 0 Å². The summed E-state index contributed by atoms with van der Waals surface area (Å²) in [6, 6.07) is 6.20. The molecule has 0 saturated carbocycles. The number of alkyl halides is 3. The standard InChI is InChI=1S/C17H19F3N4O3.ClH/c1-26-10-16(6-8-21-9-7-16)14(25)22-12-4-2-11(3-5-12)13-23-15(27-24-13)17(18,19)20;/h2-5,21H,6-10H2,1H3,(H,22,25);1H. The van der Waals surface area contributed by atoms with Crippen LogP contribution < -0.4 is 10.6 Å². The maximum Gasteiger partial charge on any atom is 0.471 e. The van der Waals surface area contributed by atoms with Crippen molar-refractivity contribution in [1.29, 1.82) is 0 Å². The zero-order chi connectivity index (χ0) is 19.5. The summed E-state index contributed by atoms with van der Waals surface area (Å²) in [7, 11) is 1.56. The van der Waals surface area contributed by atoms with Crippen molar-refractivity contribution in [2.24, 2.45) is 5.41 Å². The molecule has 0 atom stereocenters. The number of anilines is 1. The molecule has 1 fully saturated rings. The number of methoxy groups -OCH3 is 1. The second kappa shape index (κ2) is 8.89. The molecule has 11 heteroatoms. The number of amides is 1. The number of ether oxygens (including phenoxy) is 1. The molecule has 0 spiro atoms. The van der Waals surface area contributed by atoms with Crippen LogP contribution in [0, 0.1) is 5.41 Å². The predicted molar refractivity (Wildman–Crippen MR) is 97.0 cm³/mol. The Kier molecular flexibility index (Phi) is 7.02. The lowest BCUT2D eigenvalue weighted by atomic mass is 9.78. The third-order valence-corrected chi connectivity index (χ3v) is 4.53. The molecule has 154 valence electrons. The van der Waals surface area contributed by atoms with Gasteiger partial charge in [0, 0.05) is 18.4 Å². The van der Waals surface area contributed by atoms with Crippen molar-refractivity contribution < 1.29 is 27.2 Å². The van der Waals surface area contributed by atoms with Gasteiger partial charge in [-0.2, -0.15) is 18.2 Å². The first-order valence-corrected chi connectivity index (χ1v) is 8.36. The van der Waals surface area contributed by atoms with Crippen molar-refractivity contribution in [1.82, 2.24) is 15.5 Å². The summed E-state index contributed by atoms with van der Waals surface area (Å²) in [5.41, 5.74) is 0.270. The van der Waals surface area contributed by atoms with E-state index in [0.717, 1.165) is 13.1 Å². The van der Waals surface area contributed by atoms with Gasteiger partial charge in [0.25, 0.3) is 0 Å². The topological polar surface area (TPSA) is 89.3 Å². The number of halogens is 4. The highest BCUT2D eigenvalue weighted by molar-refractivity contribution is 5.95. The number of carbonyl (C=O) groups excluding carboxylic acids is 1. The summed E-state index contributed by atoms with van der Waals surface area (Å²) in [4.78, 5) is 16.1. The van der Waals surface area contributed by atoms with Gasteiger partial charge < -0.3 is 19.9 Å². The third-order valence-electron chi connectivity index (χ3n) is 4.53. The minimum atomic E-state index is -4.69. The average Bonchev–Trinajstić information content (AvgIpc) is 3.14. The molecular formula is C17H20ClF3N4O3. The van der Waals surface area contributed by atoms with Crippen LogP contribution >= 0.6 is 12.4 Å². The van der Waals surface area contributed by atoms with Crippen molar-refractivity contribution in [2.75, 3.05) is 32.1 Å². The number of hydrogen-bond donors (Lipinski definition) is 2. The maximum atomic E-state index is 12.8. The van der Waals surface area contributed by atoms with Crippen LogP contribution in [0.4, 0.5) is 18.9 Å². The molecule has 7 nitrogen and oxygen atoms in total. The lowest BCUT2D eigenvalue weighted by Gasteiger charge is -2.35. The molecule has 0 radical (unpaired) electrons. The Morgan fingerprint density at radius 3 is 2.46 bits per heavy atom. The van der Waals surface area contributed by atoms with E-state index >= 15 is 0 Å². The molecule has 2 heterocycles. The quantitative estimate of drug-likeness (QED) is 0.772. The Balaban J connectivity index is 0.00000280. The number of carbonyl (C=O) groups is 1. The molecule has 0 bridgehead atoms. The minimum absolute atomic E-state index is 0. The second-order valence-corrected chi connectivity index (χ2v) is 6.42. The van der Waals surface area contributed by atoms with E-state index in [1.54, 1.807) is 19.2 Å². The molecular weight excluding hydrogens is 401 g/mol. The van der Waals surface area contributed by atoms with E-state index in [2.05, 4.69) is 25.3 Å². The summed E-state index contributed by atoms with van der Waals surface area (Å²) in [5.74, 6) is -1.71. The lowest BCUT2D eigenvalue weighted by molar-refractivity contribution is -0.159. The first kappa shape index (κ1) is 22.1. The Labute approximate surface area is 165 Å². The van der Waals surface area contributed by atoms with Crippen LogP contribution in [0.5, 0.6) is 0 Å². The molecule has 28 heavy (non-hydrogen) atoms. The van der Waals surface area contributed by atoms with Gasteiger partial charge in [-0.1, -0.05) is 5.16 Å². The molecule has 2 N–H and O–H groups in total. The smallest absolute Gasteiger partial charge is 0.384 e. The van der Waals surface area contributed by atoms with E-state index in [-0.39, 0.29) is 24.1 Å². The number of hydrogen-bond acceptors (Lipinski definition) is 6. The number of nitrogens with zero attached hydrogens (tertiary/aromatic N) is 2. The van der Waals surface area contributed by atoms with E-state index in [4.69, 9.17) is 4.74 Å². The molecule has 1 aromatic carbocycles. The molecule has 2 aromatic rings. The predicted octanol–water partition coefficient (Wildman–Crippen LogP) is 3.13. The Morgan fingerprint density at radius 1 is 1.29 bits per heavy atom. The third kappa shape index (κ3) is 4.81. The van der Waals surface area contributed by atoms with Gasteiger partial charge in [-0.3, -0.25) is 4.79 Å². The van der Waals surface area contributed by atoms with Crippen LogP contribution in [-0.4, -0.2) is 42.9 Å². The second-order valence-electron chi connectivity index (χ2n) is 6.42. The molecule has 1 aromatic heterocycles. The molecule has 1 aliphatic rings. The Bertz CT molecular complexity index is 784. The fraction of sp³-hybridized carbons (Fsp3) is 0.471. The first-order chi connectivity index (χ1) is 12.8. The maximum absolute atomic E-state index is 12.8. The normalized spacial score (nSPS) is 16.3. The summed E-state index contributed by atoms with van der Waals surface area (Å²) in [5, 5.41) is 9.41. The number of rotatable bonds is 5. The van der Waals surface area contributed by atoms with Crippen molar-refractivity contribution >= 4 is 24.0 Å². The van der Waals surface area contributed by atoms with E-state index in [0.29, 0.717) is 30.7 Å². The molecule has 1 saturated heterocycles. The highest BCUT2D eigenvalue weighted by atomic mass is 35.5. The fourth-order valence-electron chi connectivity index (χ4n) is 3.04. The molecule has 0 aliphatic carbocycles. The summed E-state index contributed by atoms with van der Waals surface area (Å²) < 4.78 is 47.1. The van der Waals surface area contributed by atoms with Gasteiger partial charge in [-0.15, -0.1) is 12.4 Å². The van der Waals surface area contributed by atoms with E-state index in [9.17, 15) is 18.0 Å². The van der Waals surface area contributed by atoms with Gasteiger partial charge in [0.2, 0.25) is 11.7 Å². The SMILES string of the molecule is COCC1(C(=O)Nc2ccc(-c3noc(C(F)(F)F)n3)cc2)CCNCC1.Cl. The van der Waals surface area contributed by atoms with Crippen LogP contribution in [0.25, 0.3) is 11.4 Å². The first-order valence-electron chi connectivity index (χ1n) is 8.36. The van der Waals surface area contributed by atoms with Crippen molar-refractivity contribution in [2.45, 2.75) is 19.0 Å². The van der Waals surface area contributed by atoms with Crippen LogP contribution in [0.1, 0.15) is 18.7 Å². The zero-order valence-electron chi connectivity index (χ0n) is 15.0. The van der Waals surface area contributed by atoms with Gasteiger partial charge in [0.15, 0.2) is 0 Å². The number of benzene rings is 1. The summed E-state index contributed by atoms with van der Waals surface area (Å²) in [6.07, 6.45) is -3.37. The van der Waals surface area contributed by atoms with Crippen molar-refractivity contribution in [3.05, 3.63) is 30.2 Å². The zero-order valence-corrected chi connectivity index (χ0v) is 15.8. The molecule has 0 unspecified atom stereocenters. The Morgan fingerprint density at radius 2 is 1.93 bits per heavy atom. The number of nitrogens with one attached hydrogen (secondary N) is 2. The monoisotopic (exact) mass is 420 g/mol. The average molecular weight is 421 g/mol.